The first kappa shape index (κ1) is 8.74. The number of nitrogens with zero attached hydrogens (tertiary/aromatic N) is 2. The Labute approximate surface area is 74.2 Å². The van der Waals surface area contributed by atoms with Gasteiger partial charge >= 0.3 is 0 Å². The monoisotopic (exact) mass is 218 g/mol. The van der Waals surface area contributed by atoms with Crippen LogP contribution in [0.2, 0.25) is 0 Å². The fraction of sp³-hybridized carbons (Fsp3) is 0.571. The van der Waals surface area contributed by atoms with Gasteiger partial charge in [-0.15, -0.1) is 0 Å². The molecule has 1 N–H and O–H groups in total. The molecule has 0 aromatic carbocycles. The molecule has 1 unspecified atom stereocenters. The first-order chi connectivity index (χ1) is 5.16. The van der Waals surface area contributed by atoms with Gasteiger partial charge in [0.05, 0.1) is 12.3 Å². The Hall–Kier alpha value is -0.350. The second kappa shape index (κ2) is 3.36. The van der Waals surface area contributed by atoms with E-state index in [1.54, 1.807) is 17.8 Å². The van der Waals surface area contributed by atoms with Gasteiger partial charge in [-0.1, -0.05) is 0 Å². The Bertz CT molecular complexity index is 245. The van der Waals surface area contributed by atoms with Crippen molar-refractivity contribution in [1.29, 1.82) is 0 Å². The number of aromatic nitrogens is 2. The van der Waals surface area contributed by atoms with E-state index < -0.39 is 6.10 Å². The van der Waals surface area contributed by atoms with Gasteiger partial charge in [-0.2, -0.15) is 5.10 Å². The summed E-state index contributed by atoms with van der Waals surface area (Å²) in [5, 5.41) is 13.3. The zero-order chi connectivity index (χ0) is 8.43. The molecular formula is C7H11BrN2O. The van der Waals surface area contributed by atoms with Gasteiger partial charge in [0.1, 0.15) is 4.60 Å². The number of aliphatic hydroxyl groups is 1. The van der Waals surface area contributed by atoms with Crippen LogP contribution in [0, 0.1) is 0 Å². The quantitative estimate of drug-likeness (QED) is 0.822. The fourth-order valence-electron chi connectivity index (χ4n) is 0.886. The molecule has 0 bridgehead atoms. The third-order valence-electron chi connectivity index (χ3n) is 1.55. The smallest absolute Gasteiger partial charge is 0.109 e. The topological polar surface area (TPSA) is 38.0 Å². The summed E-state index contributed by atoms with van der Waals surface area (Å²) in [6.45, 7) is 4.54. The summed E-state index contributed by atoms with van der Waals surface area (Å²) in [4.78, 5) is 0. The van der Waals surface area contributed by atoms with Crippen molar-refractivity contribution in [2.45, 2.75) is 26.5 Å². The normalized spacial score (nSPS) is 13.5. The maximum atomic E-state index is 9.23. The zero-order valence-electron chi connectivity index (χ0n) is 6.58. The lowest BCUT2D eigenvalue weighted by Gasteiger charge is -2.01. The molecule has 3 nitrogen and oxygen atoms in total. The molecule has 0 saturated heterocycles. The van der Waals surface area contributed by atoms with Crippen molar-refractivity contribution in [3.63, 3.8) is 0 Å². The highest BCUT2D eigenvalue weighted by atomic mass is 79.9. The van der Waals surface area contributed by atoms with Gasteiger partial charge in [0.25, 0.3) is 0 Å². The first-order valence-electron chi connectivity index (χ1n) is 3.56. The van der Waals surface area contributed by atoms with Gasteiger partial charge in [-0.05, 0) is 29.8 Å². The van der Waals surface area contributed by atoms with E-state index in [-0.39, 0.29) is 0 Å². The minimum Gasteiger partial charge on any atom is -0.389 e. The molecule has 0 aliphatic carbocycles. The molecule has 1 heterocycles. The molecule has 62 valence electrons. The molecule has 1 atom stereocenters. The predicted molar refractivity (Wildman–Crippen MR) is 46.2 cm³/mol. The predicted octanol–water partition coefficient (Wildman–Crippen LogP) is 1.72. The molecule has 0 radical (unpaired) electrons. The summed E-state index contributed by atoms with van der Waals surface area (Å²) in [7, 11) is 0. The van der Waals surface area contributed by atoms with E-state index in [0.717, 1.165) is 16.7 Å². The number of hydrogen-bond donors (Lipinski definition) is 1. The molecule has 0 aliphatic heterocycles. The van der Waals surface area contributed by atoms with Crippen LogP contribution >= 0.6 is 15.9 Å². The van der Waals surface area contributed by atoms with E-state index in [0.29, 0.717) is 0 Å². The molecule has 0 amide bonds. The standard InChI is InChI=1S/C7H11BrN2O/c1-3-10-7(8)6(4-9-10)5(2)11/h4-5,11H,3H2,1-2H3. The Morgan fingerprint density at radius 2 is 2.45 bits per heavy atom. The zero-order valence-corrected chi connectivity index (χ0v) is 8.17. The second-order valence-electron chi connectivity index (χ2n) is 2.38. The average molecular weight is 219 g/mol. The minimum atomic E-state index is -0.454. The summed E-state index contributed by atoms with van der Waals surface area (Å²) >= 11 is 3.35. The van der Waals surface area contributed by atoms with Gasteiger partial charge in [0, 0.05) is 12.1 Å². The maximum Gasteiger partial charge on any atom is 0.109 e. The van der Waals surface area contributed by atoms with Gasteiger partial charge < -0.3 is 5.11 Å². The van der Waals surface area contributed by atoms with E-state index in [1.807, 2.05) is 6.92 Å². The van der Waals surface area contributed by atoms with E-state index in [4.69, 9.17) is 0 Å². The van der Waals surface area contributed by atoms with Crippen LogP contribution in [-0.4, -0.2) is 14.9 Å². The Morgan fingerprint density at radius 3 is 2.73 bits per heavy atom. The second-order valence-corrected chi connectivity index (χ2v) is 3.13. The van der Waals surface area contributed by atoms with Crippen LogP contribution in [0.1, 0.15) is 25.5 Å². The van der Waals surface area contributed by atoms with Gasteiger partial charge in [0.15, 0.2) is 0 Å². The van der Waals surface area contributed by atoms with E-state index in [2.05, 4.69) is 21.0 Å². The molecule has 0 aliphatic rings. The van der Waals surface area contributed by atoms with Crippen molar-refractivity contribution < 1.29 is 5.11 Å². The van der Waals surface area contributed by atoms with Crippen LogP contribution in [0.5, 0.6) is 0 Å². The molecule has 11 heavy (non-hydrogen) atoms. The molecular weight excluding hydrogens is 208 g/mol. The molecule has 1 aromatic heterocycles. The van der Waals surface area contributed by atoms with Crippen LogP contribution < -0.4 is 0 Å². The van der Waals surface area contributed by atoms with E-state index in [9.17, 15) is 5.11 Å². The maximum absolute atomic E-state index is 9.23. The van der Waals surface area contributed by atoms with E-state index in [1.165, 1.54) is 0 Å². The van der Waals surface area contributed by atoms with Crippen molar-refractivity contribution in [1.82, 2.24) is 9.78 Å². The molecule has 1 aromatic rings. The SMILES string of the molecule is CCn1ncc(C(C)O)c1Br. The molecule has 0 fully saturated rings. The fourth-order valence-corrected chi connectivity index (χ4v) is 1.66. The van der Waals surface area contributed by atoms with Crippen molar-refractivity contribution in [2.24, 2.45) is 0 Å². The molecule has 4 heteroatoms. The van der Waals surface area contributed by atoms with Crippen LogP contribution in [0.3, 0.4) is 0 Å². The van der Waals surface area contributed by atoms with Crippen LogP contribution in [0.4, 0.5) is 0 Å². The first-order valence-corrected chi connectivity index (χ1v) is 4.35. The van der Waals surface area contributed by atoms with E-state index >= 15 is 0 Å². The lowest BCUT2D eigenvalue weighted by atomic mass is 10.2. The highest BCUT2D eigenvalue weighted by molar-refractivity contribution is 9.10. The summed E-state index contributed by atoms with van der Waals surface area (Å²) in [6.07, 6.45) is 1.22. The largest absolute Gasteiger partial charge is 0.389 e. The number of aliphatic hydroxyl groups excluding tert-OH is 1. The van der Waals surface area contributed by atoms with Crippen molar-refractivity contribution in [2.75, 3.05) is 0 Å². The highest BCUT2D eigenvalue weighted by Crippen LogP contribution is 2.22. The summed E-state index contributed by atoms with van der Waals surface area (Å²) < 4.78 is 2.66. The average Bonchev–Trinajstić information content (AvgIpc) is 2.30. The minimum absolute atomic E-state index is 0.454. The third-order valence-corrected chi connectivity index (χ3v) is 2.42. The van der Waals surface area contributed by atoms with Crippen LogP contribution in [0.25, 0.3) is 0 Å². The number of rotatable bonds is 2. The van der Waals surface area contributed by atoms with Gasteiger partial charge in [0.2, 0.25) is 0 Å². The number of halogens is 1. The molecule has 0 saturated carbocycles. The molecule has 0 spiro atoms. The Kier molecular flexibility index (Phi) is 2.67. The number of aryl methyl sites for hydroxylation is 1. The molecule has 1 rings (SSSR count). The van der Waals surface area contributed by atoms with Crippen molar-refractivity contribution >= 4 is 15.9 Å². The summed E-state index contributed by atoms with van der Waals surface area (Å²) in [5.41, 5.74) is 0.840. The van der Waals surface area contributed by atoms with Crippen LogP contribution in [-0.2, 0) is 6.54 Å². The van der Waals surface area contributed by atoms with Crippen LogP contribution in [0.15, 0.2) is 10.8 Å². The van der Waals surface area contributed by atoms with Gasteiger partial charge in [-0.3, -0.25) is 4.68 Å². The summed E-state index contributed by atoms with van der Waals surface area (Å²) in [6, 6.07) is 0. The number of hydrogen-bond acceptors (Lipinski definition) is 2. The van der Waals surface area contributed by atoms with Gasteiger partial charge in [-0.25, -0.2) is 0 Å². The van der Waals surface area contributed by atoms with Crippen molar-refractivity contribution in [3.8, 4) is 0 Å². The van der Waals surface area contributed by atoms with Crippen molar-refractivity contribution in [3.05, 3.63) is 16.4 Å². The lowest BCUT2D eigenvalue weighted by molar-refractivity contribution is 0.198. The Balaban J connectivity index is 3.00. The lowest BCUT2D eigenvalue weighted by Crippen LogP contribution is -1.97. The highest BCUT2D eigenvalue weighted by Gasteiger charge is 2.10. The Morgan fingerprint density at radius 1 is 1.82 bits per heavy atom. The third kappa shape index (κ3) is 1.62. The summed E-state index contributed by atoms with van der Waals surface area (Å²) in [5.74, 6) is 0.